The first kappa shape index (κ1) is 15.5. The van der Waals surface area contributed by atoms with E-state index in [2.05, 4.69) is 19.1 Å². The lowest BCUT2D eigenvalue weighted by Crippen LogP contribution is -2.46. The molecule has 0 bridgehead atoms. The van der Waals surface area contributed by atoms with E-state index in [0.717, 1.165) is 24.2 Å². The summed E-state index contributed by atoms with van der Waals surface area (Å²) in [4.78, 5) is 11.8. The molecule has 0 heterocycles. The maximum Gasteiger partial charge on any atom is 0.305 e. The van der Waals surface area contributed by atoms with Gasteiger partial charge in [0.25, 0.3) is 0 Å². The molecule has 2 nitrogen and oxygen atoms in total. The Balaban J connectivity index is 1.56. The summed E-state index contributed by atoms with van der Waals surface area (Å²) in [5, 5.41) is 0. The zero-order chi connectivity index (χ0) is 16.0. The van der Waals surface area contributed by atoms with Gasteiger partial charge in [0.05, 0.1) is 0 Å². The van der Waals surface area contributed by atoms with Crippen molar-refractivity contribution in [3.8, 4) is 0 Å². The van der Waals surface area contributed by atoms with Crippen LogP contribution in [0.15, 0.2) is 23.3 Å². The van der Waals surface area contributed by atoms with Crippen LogP contribution in [0.3, 0.4) is 0 Å². The number of carbonyl (C=O) groups excluding carboxylic acids is 1. The third-order valence-corrected chi connectivity index (χ3v) is 7.46. The van der Waals surface area contributed by atoms with E-state index in [-0.39, 0.29) is 17.5 Å². The van der Waals surface area contributed by atoms with Crippen LogP contribution < -0.4 is 0 Å². The molecular weight excluding hydrogens is 284 g/mol. The van der Waals surface area contributed by atoms with Gasteiger partial charge in [-0.2, -0.15) is 0 Å². The second kappa shape index (κ2) is 5.79. The van der Waals surface area contributed by atoms with Crippen molar-refractivity contribution in [3.63, 3.8) is 0 Å². The van der Waals surface area contributed by atoms with E-state index in [1.54, 1.807) is 11.1 Å². The molecule has 126 valence electrons. The summed E-state index contributed by atoms with van der Waals surface area (Å²) >= 11 is 0. The van der Waals surface area contributed by atoms with Gasteiger partial charge in [0.15, 0.2) is 0 Å². The number of allylic oxidation sites excluding steroid dienone is 4. The van der Waals surface area contributed by atoms with E-state index in [9.17, 15) is 4.79 Å². The van der Waals surface area contributed by atoms with Crippen molar-refractivity contribution in [2.45, 2.75) is 77.7 Å². The summed E-state index contributed by atoms with van der Waals surface area (Å²) in [5.41, 5.74) is 3.78. The van der Waals surface area contributed by atoms with E-state index in [0.29, 0.717) is 6.42 Å². The molecule has 0 N–H and O–H groups in total. The minimum atomic E-state index is -0.00921. The molecule has 2 saturated carbocycles. The van der Waals surface area contributed by atoms with Crippen LogP contribution in [0.25, 0.3) is 0 Å². The third kappa shape index (κ3) is 2.40. The number of fused-ring (bicyclic) bond motifs is 4. The number of carbonyl (C=O) groups is 1. The van der Waals surface area contributed by atoms with Crippen molar-refractivity contribution < 1.29 is 9.53 Å². The Morgan fingerprint density at radius 3 is 2.87 bits per heavy atom. The van der Waals surface area contributed by atoms with Crippen LogP contribution in [0.1, 0.15) is 71.6 Å². The molecule has 0 aromatic rings. The van der Waals surface area contributed by atoms with Crippen LogP contribution in [0.4, 0.5) is 0 Å². The maximum atomic E-state index is 11.8. The molecule has 0 aliphatic heterocycles. The first-order valence-electron chi connectivity index (χ1n) is 9.68. The van der Waals surface area contributed by atoms with Gasteiger partial charge in [-0.3, -0.25) is 4.79 Å². The van der Waals surface area contributed by atoms with Crippen molar-refractivity contribution >= 4 is 5.97 Å². The van der Waals surface area contributed by atoms with Crippen LogP contribution in [0.5, 0.6) is 0 Å². The standard InChI is InChI=1S/C21H30O2/c1-3-20(22)23-19-11-10-18-17-9-8-14-6-4-5-7-15(14)16(17)12-13-21(18,19)2/h4-5,16-19H,3,6-13H2,1-2H3/t16-,17-,18+,19-,21+/m1/s1. The summed E-state index contributed by atoms with van der Waals surface area (Å²) < 4.78 is 5.86. The van der Waals surface area contributed by atoms with Gasteiger partial charge in [0.2, 0.25) is 0 Å². The van der Waals surface area contributed by atoms with Crippen LogP contribution in [0.2, 0.25) is 0 Å². The monoisotopic (exact) mass is 314 g/mol. The number of esters is 1. The molecule has 0 aromatic heterocycles. The van der Waals surface area contributed by atoms with Gasteiger partial charge in [-0.25, -0.2) is 0 Å². The zero-order valence-electron chi connectivity index (χ0n) is 14.6. The fourth-order valence-corrected chi connectivity index (χ4v) is 6.24. The normalized spacial score (nSPS) is 42.0. The molecule has 4 aliphatic rings. The highest BCUT2D eigenvalue weighted by Gasteiger charge is 2.56. The smallest absolute Gasteiger partial charge is 0.305 e. The summed E-state index contributed by atoms with van der Waals surface area (Å²) in [6, 6.07) is 0. The topological polar surface area (TPSA) is 26.3 Å². The Morgan fingerprint density at radius 1 is 1.22 bits per heavy atom. The molecule has 0 saturated heterocycles. The molecular formula is C21H30O2. The zero-order valence-corrected chi connectivity index (χ0v) is 14.6. The van der Waals surface area contributed by atoms with Gasteiger partial charge in [-0.1, -0.05) is 37.1 Å². The molecule has 0 radical (unpaired) electrons. The van der Waals surface area contributed by atoms with Crippen LogP contribution >= 0.6 is 0 Å². The molecule has 4 aliphatic carbocycles. The van der Waals surface area contributed by atoms with Gasteiger partial charge < -0.3 is 4.74 Å². The van der Waals surface area contributed by atoms with Gasteiger partial charge in [0.1, 0.15) is 6.10 Å². The Kier molecular flexibility index (Phi) is 3.90. The van der Waals surface area contributed by atoms with E-state index in [1.807, 2.05) is 6.92 Å². The first-order valence-corrected chi connectivity index (χ1v) is 9.68. The highest BCUT2D eigenvalue weighted by molar-refractivity contribution is 5.69. The molecule has 0 aromatic carbocycles. The number of ether oxygens (including phenoxy) is 1. The predicted octanol–water partition coefficient (Wildman–Crippen LogP) is 5.19. The molecule has 23 heavy (non-hydrogen) atoms. The Bertz CT molecular complexity index is 558. The van der Waals surface area contributed by atoms with E-state index >= 15 is 0 Å². The molecule has 0 spiro atoms. The molecule has 2 fully saturated rings. The second-order valence-electron chi connectivity index (χ2n) is 8.38. The van der Waals surface area contributed by atoms with Crippen LogP contribution in [-0.4, -0.2) is 12.1 Å². The first-order chi connectivity index (χ1) is 11.1. The number of hydrogen-bond acceptors (Lipinski definition) is 2. The van der Waals surface area contributed by atoms with E-state index < -0.39 is 0 Å². The summed E-state index contributed by atoms with van der Waals surface area (Å²) in [5.74, 6) is 2.41. The van der Waals surface area contributed by atoms with Crippen molar-refractivity contribution in [1.82, 2.24) is 0 Å². The van der Waals surface area contributed by atoms with Crippen molar-refractivity contribution in [1.29, 1.82) is 0 Å². The van der Waals surface area contributed by atoms with Gasteiger partial charge in [-0.15, -0.1) is 0 Å². The fourth-order valence-electron chi connectivity index (χ4n) is 6.24. The van der Waals surface area contributed by atoms with Crippen molar-refractivity contribution in [2.75, 3.05) is 0 Å². The minimum absolute atomic E-state index is 0.00921. The average molecular weight is 314 g/mol. The Morgan fingerprint density at radius 2 is 2.04 bits per heavy atom. The lowest BCUT2D eigenvalue weighted by molar-refractivity contribution is -0.157. The lowest BCUT2D eigenvalue weighted by Gasteiger charge is -2.51. The molecule has 0 amide bonds. The minimum Gasteiger partial charge on any atom is -0.462 e. The van der Waals surface area contributed by atoms with E-state index in [4.69, 9.17) is 4.74 Å². The average Bonchev–Trinajstić information content (AvgIpc) is 2.91. The number of hydrogen-bond donors (Lipinski definition) is 0. The largest absolute Gasteiger partial charge is 0.462 e. The molecule has 5 atom stereocenters. The SMILES string of the molecule is CCC(=O)O[C@@H]1CC[C@H]2[C@@H]3CCC4=C(CC=CC4)[C@H]3CC[C@]12C. The fraction of sp³-hybridized carbons (Fsp3) is 0.762. The quantitative estimate of drug-likeness (QED) is 0.518. The summed E-state index contributed by atoms with van der Waals surface area (Å²) in [7, 11) is 0. The highest BCUT2D eigenvalue weighted by atomic mass is 16.5. The van der Waals surface area contributed by atoms with Gasteiger partial charge >= 0.3 is 5.97 Å². The van der Waals surface area contributed by atoms with Gasteiger partial charge in [0, 0.05) is 11.8 Å². The Labute approximate surface area is 140 Å². The van der Waals surface area contributed by atoms with E-state index in [1.165, 1.54) is 44.9 Å². The summed E-state index contributed by atoms with van der Waals surface area (Å²) in [6.07, 6.45) is 15.4. The second-order valence-corrected chi connectivity index (χ2v) is 8.38. The van der Waals surface area contributed by atoms with Crippen LogP contribution in [-0.2, 0) is 9.53 Å². The van der Waals surface area contributed by atoms with Gasteiger partial charge in [-0.05, 0) is 69.1 Å². The summed E-state index contributed by atoms with van der Waals surface area (Å²) in [6.45, 7) is 4.32. The number of rotatable bonds is 2. The molecule has 0 unspecified atom stereocenters. The third-order valence-electron chi connectivity index (χ3n) is 7.46. The molecule has 4 rings (SSSR count). The Hall–Kier alpha value is -1.05. The lowest BCUT2D eigenvalue weighted by atomic mass is 9.54. The van der Waals surface area contributed by atoms with Crippen LogP contribution in [0, 0.1) is 23.2 Å². The predicted molar refractivity (Wildman–Crippen MR) is 91.9 cm³/mol. The highest BCUT2D eigenvalue weighted by Crippen LogP contribution is 2.61. The maximum absolute atomic E-state index is 11.8. The molecule has 2 heteroatoms. The van der Waals surface area contributed by atoms with Crippen molar-refractivity contribution in [2.24, 2.45) is 23.2 Å². The van der Waals surface area contributed by atoms with Crippen molar-refractivity contribution in [3.05, 3.63) is 23.3 Å².